The van der Waals surface area contributed by atoms with E-state index in [1.807, 2.05) is 37.3 Å². The molecule has 2 heterocycles. The Morgan fingerprint density at radius 2 is 1.73 bits per heavy atom. The van der Waals surface area contributed by atoms with Crippen LogP contribution < -0.4 is 0 Å². The van der Waals surface area contributed by atoms with Crippen LogP contribution in [0, 0.1) is 12.7 Å². The molecular weight excluding hydrogens is 279 g/mol. The zero-order chi connectivity index (χ0) is 15.1. The topological polar surface area (TPSA) is 46.5 Å². The van der Waals surface area contributed by atoms with Gasteiger partial charge in [-0.05, 0) is 31.2 Å². The molecule has 0 bridgehead atoms. The van der Waals surface area contributed by atoms with Crippen molar-refractivity contribution in [2.75, 3.05) is 0 Å². The first kappa shape index (κ1) is 12.8. The number of aryl methyl sites for hydroxylation is 1. The standard InChI is InChI=1S/C17H13FN4/c1-11-15-17(20-16(19-15)12-5-3-2-4-6-12)22(21-11)14-9-7-13(18)8-10-14/h2-10H,1H3,(H,19,20). The Bertz CT molecular complexity index is 936. The number of hydrogen-bond donors (Lipinski definition) is 1. The summed E-state index contributed by atoms with van der Waals surface area (Å²) in [7, 11) is 0. The van der Waals surface area contributed by atoms with Gasteiger partial charge in [0.15, 0.2) is 5.65 Å². The molecule has 5 heteroatoms. The summed E-state index contributed by atoms with van der Waals surface area (Å²) in [5.41, 5.74) is 4.29. The minimum absolute atomic E-state index is 0.268. The molecule has 22 heavy (non-hydrogen) atoms. The molecule has 0 unspecified atom stereocenters. The molecule has 0 aliphatic heterocycles. The number of halogens is 1. The summed E-state index contributed by atoms with van der Waals surface area (Å²) >= 11 is 0. The Morgan fingerprint density at radius 1 is 1.00 bits per heavy atom. The average Bonchev–Trinajstić information content (AvgIpc) is 3.10. The summed E-state index contributed by atoms with van der Waals surface area (Å²) < 4.78 is 14.8. The van der Waals surface area contributed by atoms with Gasteiger partial charge in [-0.3, -0.25) is 0 Å². The van der Waals surface area contributed by atoms with Crippen molar-refractivity contribution in [3.8, 4) is 17.1 Å². The highest BCUT2D eigenvalue weighted by Crippen LogP contribution is 2.24. The molecule has 0 aliphatic rings. The van der Waals surface area contributed by atoms with Crippen molar-refractivity contribution in [2.24, 2.45) is 0 Å². The predicted molar refractivity (Wildman–Crippen MR) is 83.3 cm³/mol. The lowest BCUT2D eigenvalue weighted by Crippen LogP contribution is -1.97. The summed E-state index contributed by atoms with van der Waals surface area (Å²) in [6.07, 6.45) is 0. The molecule has 0 fully saturated rings. The first-order valence-corrected chi connectivity index (χ1v) is 6.99. The Morgan fingerprint density at radius 3 is 2.45 bits per heavy atom. The molecule has 0 saturated heterocycles. The molecule has 4 nitrogen and oxygen atoms in total. The van der Waals surface area contributed by atoms with E-state index >= 15 is 0 Å². The van der Waals surface area contributed by atoms with Gasteiger partial charge in [-0.15, -0.1) is 0 Å². The summed E-state index contributed by atoms with van der Waals surface area (Å²) in [5.74, 6) is 0.530. The van der Waals surface area contributed by atoms with E-state index in [2.05, 4.69) is 15.1 Å². The highest BCUT2D eigenvalue weighted by atomic mass is 19.1. The minimum atomic E-state index is -0.268. The lowest BCUT2D eigenvalue weighted by atomic mass is 10.2. The summed E-state index contributed by atoms with van der Waals surface area (Å²) in [4.78, 5) is 7.97. The molecule has 0 saturated carbocycles. The molecule has 0 spiro atoms. The lowest BCUT2D eigenvalue weighted by molar-refractivity contribution is 0.627. The van der Waals surface area contributed by atoms with Gasteiger partial charge in [-0.25, -0.2) is 14.1 Å². The second kappa shape index (κ2) is 4.80. The number of aromatic amines is 1. The van der Waals surface area contributed by atoms with Gasteiger partial charge >= 0.3 is 0 Å². The summed E-state index contributed by atoms with van der Waals surface area (Å²) in [6.45, 7) is 1.93. The monoisotopic (exact) mass is 292 g/mol. The molecule has 0 radical (unpaired) electrons. The Labute approximate surface area is 126 Å². The van der Waals surface area contributed by atoms with Gasteiger partial charge in [0.05, 0.1) is 11.4 Å². The fourth-order valence-electron chi connectivity index (χ4n) is 2.51. The Hall–Kier alpha value is -2.95. The number of imidazole rings is 1. The summed E-state index contributed by atoms with van der Waals surface area (Å²) in [6, 6.07) is 16.1. The highest BCUT2D eigenvalue weighted by Gasteiger charge is 2.15. The van der Waals surface area contributed by atoms with Gasteiger partial charge in [0.25, 0.3) is 0 Å². The molecule has 0 amide bonds. The molecular formula is C17H13FN4. The SMILES string of the molecule is Cc1nn(-c2ccc(F)cc2)c2nc(-c3ccccc3)[nH]c12. The smallest absolute Gasteiger partial charge is 0.181 e. The van der Waals surface area contributed by atoms with Crippen molar-refractivity contribution in [1.29, 1.82) is 0 Å². The predicted octanol–water partition coefficient (Wildman–Crippen LogP) is 3.86. The maximum Gasteiger partial charge on any atom is 0.181 e. The average molecular weight is 292 g/mol. The second-order valence-corrected chi connectivity index (χ2v) is 5.12. The fraction of sp³-hybridized carbons (Fsp3) is 0.0588. The van der Waals surface area contributed by atoms with Crippen LogP contribution >= 0.6 is 0 Å². The molecule has 4 aromatic rings. The third-order valence-corrected chi connectivity index (χ3v) is 3.62. The number of nitrogens with zero attached hydrogens (tertiary/aromatic N) is 3. The van der Waals surface area contributed by atoms with Crippen molar-refractivity contribution in [3.05, 3.63) is 66.1 Å². The van der Waals surface area contributed by atoms with Crippen LogP contribution in [0.5, 0.6) is 0 Å². The normalized spacial score (nSPS) is 11.2. The van der Waals surface area contributed by atoms with Gasteiger partial charge < -0.3 is 4.98 Å². The number of rotatable bonds is 2. The zero-order valence-corrected chi connectivity index (χ0v) is 11.9. The van der Waals surface area contributed by atoms with Gasteiger partial charge in [0, 0.05) is 5.56 Å². The van der Waals surface area contributed by atoms with E-state index in [9.17, 15) is 4.39 Å². The quantitative estimate of drug-likeness (QED) is 0.609. The van der Waals surface area contributed by atoms with Crippen molar-refractivity contribution in [3.63, 3.8) is 0 Å². The van der Waals surface area contributed by atoms with Crippen LogP contribution in [-0.2, 0) is 0 Å². The van der Waals surface area contributed by atoms with E-state index in [4.69, 9.17) is 0 Å². The van der Waals surface area contributed by atoms with E-state index in [0.29, 0.717) is 0 Å². The Balaban J connectivity index is 1.90. The maximum atomic E-state index is 13.1. The molecule has 4 rings (SSSR count). The number of H-pyrrole nitrogens is 1. The second-order valence-electron chi connectivity index (χ2n) is 5.12. The first-order chi connectivity index (χ1) is 10.7. The van der Waals surface area contributed by atoms with Crippen LogP contribution in [0.4, 0.5) is 4.39 Å². The maximum absolute atomic E-state index is 13.1. The molecule has 2 aromatic carbocycles. The fourth-order valence-corrected chi connectivity index (χ4v) is 2.51. The summed E-state index contributed by atoms with van der Waals surface area (Å²) in [5, 5.41) is 4.48. The third-order valence-electron chi connectivity index (χ3n) is 3.62. The minimum Gasteiger partial charge on any atom is -0.335 e. The third kappa shape index (κ3) is 1.98. The Kier molecular flexibility index (Phi) is 2.79. The number of benzene rings is 2. The van der Waals surface area contributed by atoms with Crippen LogP contribution in [0.1, 0.15) is 5.69 Å². The van der Waals surface area contributed by atoms with E-state index in [0.717, 1.165) is 33.9 Å². The molecule has 0 aliphatic carbocycles. The van der Waals surface area contributed by atoms with Gasteiger partial charge in [-0.2, -0.15) is 5.10 Å². The van der Waals surface area contributed by atoms with Crippen LogP contribution in [0.25, 0.3) is 28.2 Å². The number of nitrogens with one attached hydrogen (secondary N) is 1. The van der Waals surface area contributed by atoms with Crippen LogP contribution in [0.2, 0.25) is 0 Å². The van der Waals surface area contributed by atoms with Gasteiger partial charge in [-0.1, -0.05) is 30.3 Å². The lowest BCUT2D eigenvalue weighted by Gasteiger charge is -2.01. The molecule has 108 valence electrons. The van der Waals surface area contributed by atoms with Crippen molar-refractivity contribution in [2.45, 2.75) is 6.92 Å². The first-order valence-electron chi connectivity index (χ1n) is 6.99. The van der Waals surface area contributed by atoms with E-state index in [-0.39, 0.29) is 5.82 Å². The van der Waals surface area contributed by atoms with E-state index < -0.39 is 0 Å². The van der Waals surface area contributed by atoms with E-state index in [1.165, 1.54) is 12.1 Å². The van der Waals surface area contributed by atoms with Crippen molar-refractivity contribution >= 4 is 11.2 Å². The number of fused-ring (bicyclic) bond motifs is 1. The molecule has 1 N–H and O–H groups in total. The van der Waals surface area contributed by atoms with Gasteiger partial charge in [0.1, 0.15) is 17.2 Å². The van der Waals surface area contributed by atoms with Crippen LogP contribution in [0.3, 0.4) is 0 Å². The van der Waals surface area contributed by atoms with Crippen LogP contribution in [0.15, 0.2) is 54.6 Å². The van der Waals surface area contributed by atoms with E-state index in [1.54, 1.807) is 16.8 Å². The van der Waals surface area contributed by atoms with Crippen molar-refractivity contribution < 1.29 is 4.39 Å². The highest BCUT2D eigenvalue weighted by molar-refractivity contribution is 5.80. The van der Waals surface area contributed by atoms with Crippen LogP contribution in [-0.4, -0.2) is 19.7 Å². The zero-order valence-electron chi connectivity index (χ0n) is 11.9. The van der Waals surface area contributed by atoms with Crippen molar-refractivity contribution in [1.82, 2.24) is 19.7 Å². The molecule has 2 aromatic heterocycles. The number of aromatic nitrogens is 4. The number of hydrogen-bond acceptors (Lipinski definition) is 2. The molecule has 0 atom stereocenters. The largest absolute Gasteiger partial charge is 0.335 e. The van der Waals surface area contributed by atoms with Gasteiger partial charge in [0.2, 0.25) is 0 Å².